The summed E-state index contributed by atoms with van der Waals surface area (Å²) < 4.78 is 21.4. The number of ether oxygens (including phenoxy) is 4. The van der Waals surface area contributed by atoms with Crippen molar-refractivity contribution in [1.29, 1.82) is 5.26 Å². The van der Waals surface area contributed by atoms with Gasteiger partial charge in [0, 0.05) is 5.56 Å². The maximum Gasteiger partial charge on any atom is 0.341 e. The highest BCUT2D eigenvalue weighted by Crippen LogP contribution is 2.32. The summed E-state index contributed by atoms with van der Waals surface area (Å²) in [6.07, 6.45) is 2.55. The average molecular weight is 407 g/mol. The van der Waals surface area contributed by atoms with E-state index in [1.807, 2.05) is 0 Å². The van der Waals surface area contributed by atoms with Gasteiger partial charge >= 0.3 is 5.97 Å². The fourth-order valence-corrected chi connectivity index (χ4v) is 2.54. The van der Waals surface area contributed by atoms with Crippen molar-refractivity contribution in [2.45, 2.75) is 0 Å². The molecular formula is C22H17N3O5. The summed E-state index contributed by atoms with van der Waals surface area (Å²) in [7, 11) is 2.71. The lowest BCUT2D eigenvalue weighted by atomic mass is 10.1. The minimum atomic E-state index is -0.576. The van der Waals surface area contributed by atoms with Gasteiger partial charge in [0.15, 0.2) is 0 Å². The molecule has 8 heteroatoms. The Hall–Kier alpha value is -4.38. The van der Waals surface area contributed by atoms with Crippen LogP contribution in [0.25, 0.3) is 5.57 Å². The fourth-order valence-electron chi connectivity index (χ4n) is 2.54. The smallest absolute Gasteiger partial charge is 0.341 e. The van der Waals surface area contributed by atoms with E-state index in [2.05, 4.69) is 16.0 Å². The normalized spacial score (nSPS) is 10.6. The van der Waals surface area contributed by atoms with Crippen LogP contribution in [0.2, 0.25) is 0 Å². The molecule has 1 heterocycles. The van der Waals surface area contributed by atoms with Gasteiger partial charge in [-0.25, -0.2) is 14.8 Å². The van der Waals surface area contributed by atoms with Crippen LogP contribution < -0.4 is 9.47 Å². The maximum atomic E-state index is 12.1. The van der Waals surface area contributed by atoms with Crippen molar-refractivity contribution < 1.29 is 23.7 Å². The Labute approximate surface area is 172 Å². The van der Waals surface area contributed by atoms with Crippen molar-refractivity contribution in [3.05, 3.63) is 78.3 Å². The Bertz CT molecular complexity index is 1120. The number of methoxy groups -OCH3 is 2. The van der Waals surface area contributed by atoms with E-state index in [1.165, 1.54) is 32.9 Å². The van der Waals surface area contributed by atoms with E-state index in [4.69, 9.17) is 18.9 Å². The summed E-state index contributed by atoms with van der Waals surface area (Å²) in [5.41, 5.74) is 1.02. The summed E-state index contributed by atoms with van der Waals surface area (Å²) in [6.45, 7) is 0. The number of aromatic nitrogens is 2. The van der Waals surface area contributed by atoms with Crippen LogP contribution in [0, 0.1) is 11.3 Å². The molecule has 0 N–H and O–H groups in total. The van der Waals surface area contributed by atoms with Crippen LogP contribution in [0.3, 0.4) is 0 Å². The van der Waals surface area contributed by atoms with Gasteiger partial charge in [0.05, 0.1) is 32.1 Å². The van der Waals surface area contributed by atoms with Crippen molar-refractivity contribution >= 4 is 11.5 Å². The van der Waals surface area contributed by atoms with Gasteiger partial charge in [-0.15, -0.1) is 0 Å². The zero-order chi connectivity index (χ0) is 21.3. The van der Waals surface area contributed by atoms with Crippen LogP contribution in [-0.2, 0) is 14.3 Å². The van der Waals surface area contributed by atoms with Gasteiger partial charge in [-0.05, 0) is 18.2 Å². The standard InChI is InChI=1S/C22H17N3O5/c1-27-13-17(22(26)28-2)16-8-4-6-10-19(16)30-21-11-20(24-14-25-21)29-18-9-5-3-7-15(18)12-23/h3-11,13-14H,1-2H3/b17-13+/i11+1,14+1,20+1,21+1. The first-order chi connectivity index (χ1) is 14.7. The zero-order valence-electron chi connectivity index (χ0n) is 16.2. The predicted molar refractivity (Wildman–Crippen MR) is 107 cm³/mol. The molecule has 1 aromatic heterocycles. The van der Waals surface area contributed by atoms with E-state index < -0.39 is 5.97 Å². The molecule has 0 amide bonds. The number of benzene rings is 2. The van der Waals surface area contributed by atoms with Gasteiger partial charge in [0.1, 0.15) is 29.5 Å². The highest BCUT2D eigenvalue weighted by atomic mass is 16.6. The first-order valence-corrected chi connectivity index (χ1v) is 8.73. The van der Waals surface area contributed by atoms with E-state index in [0.29, 0.717) is 22.6 Å². The van der Waals surface area contributed by atoms with Crippen molar-refractivity contribution in [3.8, 4) is 29.3 Å². The van der Waals surface area contributed by atoms with E-state index in [-0.39, 0.29) is 17.3 Å². The number of esters is 1. The van der Waals surface area contributed by atoms with Crippen LogP contribution >= 0.6 is 0 Å². The predicted octanol–water partition coefficient (Wildman–Crippen LogP) is 4.09. The number of para-hydroxylation sites is 2. The second-order valence-electron chi connectivity index (χ2n) is 5.76. The topological polar surface area (TPSA) is 104 Å². The number of hydrogen-bond donors (Lipinski definition) is 0. The third kappa shape index (κ3) is 4.72. The molecule has 150 valence electrons. The van der Waals surface area contributed by atoms with Crippen LogP contribution in [0.1, 0.15) is 11.1 Å². The van der Waals surface area contributed by atoms with Gasteiger partial charge in [-0.2, -0.15) is 5.26 Å². The van der Waals surface area contributed by atoms with Gasteiger partial charge in [-0.1, -0.05) is 30.3 Å². The van der Waals surface area contributed by atoms with E-state index in [1.54, 1.807) is 48.5 Å². The molecule has 0 atom stereocenters. The lowest BCUT2D eigenvalue weighted by Crippen LogP contribution is -2.06. The molecule has 0 saturated heterocycles. The lowest BCUT2D eigenvalue weighted by Gasteiger charge is -2.12. The molecule has 2 aromatic carbocycles. The molecule has 0 bridgehead atoms. The monoisotopic (exact) mass is 407 g/mol. The van der Waals surface area contributed by atoms with Crippen molar-refractivity contribution in [3.63, 3.8) is 0 Å². The van der Waals surface area contributed by atoms with Crippen LogP contribution in [0.4, 0.5) is 0 Å². The number of nitriles is 1. The number of carbonyl (C=O) groups is 1. The third-order valence-corrected chi connectivity index (χ3v) is 3.87. The Morgan fingerprint density at radius 2 is 1.60 bits per heavy atom. The van der Waals surface area contributed by atoms with E-state index in [0.717, 1.165) is 0 Å². The molecule has 0 aliphatic rings. The maximum absolute atomic E-state index is 12.1. The molecule has 30 heavy (non-hydrogen) atoms. The Morgan fingerprint density at radius 1 is 0.967 bits per heavy atom. The molecule has 0 spiro atoms. The molecule has 8 nitrogen and oxygen atoms in total. The number of nitrogens with zero attached hydrogens (tertiary/aromatic N) is 3. The number of carbonyl (C=O) groups excluding carboxylic acids is 1. The molecule has 0 saturated carbocycles. The largest absolute Gasteiger partial charge is 0.503 e. The molecule has 0 unspecified atom stereocenters. The average Bonchev–Trinajstić information content (AvgIpc) is 2.78. The SMILES string of the molecule is CO/C=C(/C(=O)OC)c1ccccc1O[13c]1[13cH][13c](Oc2ccccc2C#N)n[13cH]n1. The minimum absolute atomic E-state index is 0.184. The first-order valence-electron chi connectivity index (χ1n) is 8.73. The van der Waals surface area contributed by atoms with Gasteiger partial charge in [0.2, 0.25) is 11.8 Å². The Balaban J connectivity index is 1.90. The van der Waals surface area contributed by atoms with E-state index >= 15 is 0 Å². The summed E-state index contributed by atoms with van der Waals surface area (Å²) in [6, 6.07) is 17.2. The quantitative estimate of drug-likeness (QED) is 0.328. The van der Waals surface area contributed by atoms with Crippen LogP contribution in [0.5, 0.6) is 23.3 Å². The van der Waals surface area contributed by atoms with Crippen LogP contribution in [-0.4, -0.2) is 30.2 Å². The molecule has 3 aromatic rings. The summed E-state index contributed by atoms with van der Waals surface area (Å²) in [4.78, 5) is 20.3. The van der Waals surface area contributed by atoms with Crippen molar-refractivity contribution in [2.24, 2.45) is 0 Å². The number of hydrogen-bond acceptors (Lipinski definition) is 8. The first kappa shape index (κ1) is 20.4. The third-order valence-electron chi connectivity index (χ3n) is 3.87. The van der Waals surface area contributed by atoms with Crippen LogP contribution in [0.15, 0.2) is 67.2 Å². The second-order valence-corrected chi connectivity index (χ2v) is 5.76. The van der Waals surface area contributed by atoms with Gasteiger partial charge in [-0.3, -0.25) is 0 Å². The number of rotatable bonds is 7. The molecule has 0 aliphatic heterocycles. The lowest BCUT2D eigenvalue weighted by molar-refractivity contribution is -0.133. The highest BCUT2D eigenvalue weighted by molar-refractivity contribution is 6.17. The molecule has 3 rings (SSSR count). The van der Waals surface area contributed by atoms with E-state index in [9.17, 15) is 10.1 Å². The van der Waals surface area contributed by atoms with Crippen molar-refractivity contribution in [2.75, 3.05) is 14.2 Å². The van der Waals surface area contributed by atoms with Gasteiger partial charge < -0.3 is 18.9 Å². The Kier molecular flexibility index (Phi) is 6.59. The second kappa shape index (κ2) is 9.71. The minimum Gasteiger partial charge on any atom is -0.503 e. The Morgan fingerprint density at radius 3 is 2.27 bits per heavy atom. The molecule has 0 aliphatic carbocycles. The fraction of sp³-hybridized carbons (Fsp3) is 0.0909. The summed E-state index contributed by atoms with van der Waals surface area (Å²) in [5, 5.41) is 9.20. The zero-order valence-corrected chi connectivity index (χ0v) is 16.2. The molecular weight excluding hydrogens is 390 g/mol. The summed E-state index contributed by atoms with van der Waals surface area (Å²) in [5.74, 6) is 0.520. The van der Waals surface area contributed by atoms with Crippen molar-refractivity contribution in [1.82, 2.24) is 9.97 Å². The summed E-state index contributed by atoms with van der Waals surface area (Å²) >= 11 is 0. The molecule has 0 radical (unpaired) electrons. The van der Waals surface area contributed by atoms with Gasteiger partial charge in [0.25, 0.3) is 0 Å². The molecule has 0 fully saturated rings. The highest BCUT2D eigenvalue weighted by Gasteiger charge is 2.18.